The first-order valence-corrected chi connectivity index (χ1v) is 10.4. The van der Waals surface area contributed by atoms with Crippen LogP contribution in [-0.4, -0.2) is 20.7 Å². The molecular formula is C21H25ClN4OS. The second-order valence-corrected chi connectivity index (χ2v) is 9.71. The number of anilines is 1. The fourth-order valence-corrected chi connectivity index (χ4v) is 3.96. The van der Waals surface area contributed by atoms with E-state index in [1.54, 1.807) is 17.5 Å². The number of halogens is 1. The third kappa shape index (κ3) is 4.80. The van der Waals surface area contributed by atoms with Crippen LogP contribution in [0.25, 0.3) is 11.3 Å². The van der Waals surface area contributed by atoms with Crippen molar-refractivity contribution in [2.24, 2.45) is 5.41 Å². The number of hydrogen-bond donors (Lipinski definition) is 1. The average Bonchev–Trinajstić information content (AvgIpc) is 3.20. The highest BCUT2D eigenvalue weighted by Gasteiger charge is 2.21. The molecule has 1 aromatic carbocycles. The molecular weight excluding hydrogens is 392 g/mol. The summed E-state index contributed by atoms with van der Waals surface area (Å²) in [5.74, 6) is 0.0000811. The fourth-order valence-electron chi connectivity index (χ4n) is 2.74. The largest absolute Gasteiger partial charge is 0.326 e. The molecule has 3 aromatic rings. The van der Waals surface area contributed by atoms with Crippen LogP contribution in [-0.2, 0) is 11.2 Å². The summed E-state index contributed by atoms with van der Waals surface area (Å²) in [7, 11) is 0. The van der Waals surface area contributed by atoms with Crippen molar-refractivity contribution in [3.63, 3.8) is 0 Å². The Hall–Kier alpha value is -2.18. The van der Waals surface area contributed by atoms with Crippen LogP contribution in [0.3, 0.4) is 0 Å². The SMILES string of the molecule is Cc1sc(CC(C)n2cc(Cl)cn2)nc1-c1ccc(NC(=O)C(C)(C)C)cc1. The molecule has 0 aliphatic heterocycles. The minimum atomic E-state index is -0.422. The summed E-state index contributed by atoms with van der Waals surface area (Å²) in [5, 5.41) is 8.93. The summed E-state index contributed by atoms with van der Waals surface area (Å²) in [6, 6.07) is 8.03. The van der Waals surface area contributed by atoms with Gasteiger partial charge in [-0.05, 0) is 26.0 Å². The summed E-state index contributed by atoms with van der Waals surface area (Å²) < 4.78 is 1.87. The normalized spacial score (nSPS) is 12.8. The first-order valence-electron chi connectivity index (χ1n) is 9.21. The highest BCUT2D eigenvalue weighted by molar-refractivity contribution is 7.12. The summed E-state index contributed by atoms with van der Waals surface area (Å²) in [6.45, 7) is 9.88. The van der Waals surface area contributed by atoms with Gasteiger partial charge in [-0.1, -0.05) is 44.5 Å². The number of aromatic nitrogens is 3. The van der Waals surface area contributed by atoms with Crippen LogP contribution in [0.5, 0.6) is 0 Å². The number of nitrogens with one attached hydrogen (secondary N) is 1. The van der Waals surface area contributed by atoms with E-state index in [9.17, 15) is 4.79 Å². The predicted molar refractivity (Wildman–Crippen MR) is 116 cm³/mol. The minimum absolute atomic E-state index is 0.0000811. The lowest BCUT2D eigenvalue weighted by Gasteiger charge is -2.17. The molecule has 148 valence electrons. The van der Waals surface area contributed by atoms with Crippen LogP contribution in [0, 0.1) is 12.3 Å². The van der Waals surface area contributed by atoms with Gasteiger partial charge in [0.1, 0.15) is 0 Å². The number of carbonyl (C=O) groups excluding carboxylic acids is 1. The Bertz CT molecular complexity index is 969. The molecule has 2 aromatic heterocycles. The first-order chi connectivity index (χ1) is 13.1. The van der Waals surface area contributed by atoms with Gasteiger partial charge in [0, 0.05) is 34.2 Å². The molecule has 5 nitrogen and oxygen atoms in total. The topological polar surface area (TPSA) is 59.8 Å². The highest BCUT2D eigenvalue weighted by Crippen LogP contribution is 2.30. The third-order valence-corrected chi connectivity index (χ3v) is 5.62. The predicted octanol–water partition coefficient (Wildman–Crippen LogP) is 5.76. The van der Waals surface area contributed by atoms with Gasteiger partial charge in [0.2, 0.25) is 5.91 Å². The Balaban J connectivity index is 1.73. The zero-order chi connectivity index (χ0) is 20.5. The zero-order valence-electron chi connectivity index (χ0n) is 16.8. The summed E-state index contributed by atoms with van der Waals surface area (Å²) in [6.07, 6.45) is 4.28. The molecule has 1 amide bonds. The molecule has 3 rings (SSSR count). The Kier molecular flexibility index (Phi) is 5.91. The number of benzene rings is 1. The van der Waals surface area contributed by atoms with Gasteiger partial charge in [0.25, 0.3) is 0 Å². The van der Waals surface area contributed by atoms with E-state index in [1.165, 1.54) is 4.88 Å². The van der Waals surface area contributed by atoms with Crippen molar-refractivity contribution in [2.45, 2.75) is 47.1 Å². The van der Waals surface area contributed by atoms with Crippen molar-refractivity contribution < 1.29 is 4.79 Å². The van der Waals surface area contributed by atoms with Gasteiger partial charge in [-0.15, -0.1) is 11.3 Å². The molecule has 0 fully saturated rings. The lowest BCUT2D eigenvalue weighted by Crippen LogP contribution is -2.27. The van der Waals surface area contributed by atoms with Gasteiger partial charge in [0.05, 0.1) is 28.0 Å². The molecule has 0 saturated heterocycles. The van der Waals surface area contributed by atoms with Crippen LogP contribution >= 0.6 is 22.9 Å². The Morgan fingerprint density at radius 1 is 1.29 bits per heavy atom. The molecule has 1 unspecified atom stereocenters. The van der Waals surface area contributed by atoms with Crippen molar-refractivity contribution in [1.29, 1.82) is 0 Å². The van der Waals surface area contributed by atoms with E-state index < -0.39 is 5.41 Å². The molecule has 0 spiro atoms. The van der Waals surface area contributed by atoms with E-state index in [4.69, 9.17) is 16.6 Å². The number of nitrogens with zero attached hydrogens (tertiary/aromatic N) is 3. The molecule has 0 saturated carbocycles. The minimum Gasteiger partial charge on any atom is -0.326 e. The Morgan fingerprint density at radius 2 is 1.96 bits per heavy atom. The van der Waals surface area contributed by atoms with Gasteiger partial charge in [0.15, 0.2) is 0 Å². The van der Waals surface area contributed by atoms with Crippen LogP contribution in [0.2, 0.25) is 5.02 Å². The van der Waals surface area contributed by atoms with Gasteiger partial charge < -0.3 is 5.32 Å². The van der Waals surface area contributed by atoms with E-state index in [0.717, 1.165) is 28.4 Å². The van der Waals surface area contributed by atoms with E-state index >= 15 is 0 Å². The van der Waals surface area contributed by atoms with Crippen LogP contribution in [0.4, 0.5) is 5.69 Å². The van der Waals surface area contributed by atoms with Crippen LogP contribution in [0.1, 0.15) is 43.6 Å². The molecule has 2 heterocycles. The van der Waals surface area contributed by atoms with Crippen LogP contribution in [0.15, 0.2) is 36.7 Å². The third-order valence-electron chi connectivity index (χ3n) is 4.43. The molecule has 1 atom stereocenters. The Morgan fingerprint density at radius 3 is 2.54 bits per heavy atom. The first kappa shape index (κ1) is 20.6. The molecule has 0 bridgehead atoms. The van der Waals surface area contributed by atoms with Gasteiger partial charge in [-0.25, -0.2) is 4.98 Å². The van der Waals surface area contributed by atoms with Crippen molar-refractivity contribution in [1.82, 2.24) is 14.8 Å². The Labute approximate surface area is 174 Å². The number of carbonyl (C=O) groups is 1. The van der Waals surface area contributed by atoms with Crippen molar-refractivity contribution in [2.75, 3.05) is 5.32 Å². The van der Waals surface area contributed by atoms with Crippen molar-refractivity contribution in [3.05, 3.63) is 51.6 Å². The molecule has 0 aliphatic carbocycles. The maximum atomic E-state index is 12.1. The molecule has 0 radical (unpaired) electrons. The summed E-state index contributed by atoms with van der Waals surface area (Å²) in [5.41, 5.74) is 2.40. The number of hydrogen-bond acceptors (Lipinski definition) is 4. The molecule has 7 heteroatoms. The lowest BCUT2D eigenvalue weighted by molar-refractivity contribution is -0.123. The fraction of sp³-hybridized carbons (Fsp3) is 0.381. The highest BCUT2D eigenvalue weighted by atomic mass is 35.5. The molecule has 28 heavy (non-hydrogen) atoms. The van der Waals surface area contributed by atoms with Crippen LogP contribution < -0.4 is 5.32 Å². The van der Waals surface area contributed by atoms with E-state index in [-0.39, 0.29) is 11.9 Å². The standard InChI is InChI=1S/C21H25ClN4OS/c1-13(26-12-16(22)11-23-26)10-18-25-19(14(2)28-18)15-6-8-17(9-7-15)24-20(27)21(3,4)5/h6-9,11-13H,10H2,1-5H3,(H,24,27). The second kappa shape index (κ2) is 8.05. The van der Waals surface area contributed by atoms with E-state index in [0.29, 0.717) is 5.02 Å². The monoisotopic (exact) mass is 416 g/mol. The summed E-state index contributed by atoms with van der Waals surface area (Å²) >= 11 is 7.67. The number of thiazole rings is 1. The van der Waals surface area contributed by atoms with Gasteiger partial charge in [-0.2, -0.15) is 5.10 Å². The molecule has 0 aliphatic rings. The maximum Gasteiger partial charge on any atom is 0.229 e. The van der Waals surface area contributed by atoms with E-state index in [2.05, 4.69) is 24.3 Å². The van der Waals surface area contributed by atoms with Crippen molar-refractivity contribution in [3.8, 4) is 11.3 Å². The number of amides is 1. The lowest BCUT2D eigenvalue weighted by atomic mass is 9.95. The van der Waals surface area contributed by atoms with Crippen molar-refractivity contribution >= 4 is 34.5 Å². The quantitative estimate of drug-likeness (QED) is 0.575. The molecule has 1 N–H and O–H groups in total. The summed E-state index contributed by atoms with van der Waals surface area (Å²) in [4.78, 5) is 18.1. The average molecular weight is 417 g/mol. The maximum absolute atomic E-state index is 12.1. The van der Waals surface area contributed by atoms with Gasteiger partial charge >= 0.3 is 0 Å². The number of rotatable bonds is 5. The number of aryl methyl sites for hydroxylation is 1. The second-order valence-electron chi connectivity index (χ2n) is 7.99. The smallest absolute Gasteiger partial charge is 0.229 e. The zero-order valence-corrected chi connectivity index (χ0v) is 18.4. The van der Waals surface area contributed by atoms with E-state index in [1.807, 2.05) is 55.9 Å². The van der Waals surface area contributed by atoms with Gasteiger partial charge in [-0.3, -0.25) is 9.48 Å².